The lowest BCUT2D eigenvalue weighted by Crippen LogP contribution is -2.42. The summed E-state index contributed by atoms with van der Waals surface area (Å²) < 4.78 is 4.89. The van der Waals surface area contributed by atoms with Crippen LogP contribution in [0.5, 0.6) is 0 Å². The quantitative estimate of drug-likeness (QED) is 0.552. The van der Waals surface area contributed by atoms with Gasteiger partial charge in [0.25, 0.3) is 0 Å². The molecule has 0 aromatic rings. The fraction of sp³-hybridized carbons (Fsp3) is 0.778. The van der Waals surface area contributed by atoms with Crippen LogP contribution in [-0.4, -0.2) is 41.7 Å². The molecule has 0 saturated carbocycles. The zero-order valence-corrected chi connectivity index (χ0v) is 9.13. The average Bonchev–Trinajstić information content (AvgIpc) is 2.65. The second-order valence-corrected chi connectivity index (χ2v) is 3.47. The van der Waals surface area contributed by atoms with Crippen LogP contribution in [0.2, 0.25) is 0 Å². The van der Waals surface area contributed by atoms with E-state index in [0.29, 0.717) is 19.6 Å². The van der Waals surface area contributed by atoms with Crippen LogP contribution in [0.3, 0.4) is 0 Å². The van der Waals surface area contributed by atoms with E-state index in [1.165, 1.54) is 0 Å². The van der Waals surface area contributed by atoms with Gasteiger partial charge in [-0.1, -0.05) is 0 Å². The highest BCUT2D eigenvalue weighted by atomic mass is 32.1. The molecule has 4 nitrogen and oxygen atoms in total. The first kappa shape index (κ1) is 11.4. The SMILES string of the molecule is CCOC(=O)[C@@H]1CCCN1C(=O)CS. The molecule has 0 aromatic carbocycles. The number of hydrogen-bond donors (Lipinski definition) is 1. The molecule has 1 aliphatic heterocycles. The first-order valence-electron chi connectivity index (χ1n) is 4.77. The molecule has 1 saturated heterocycles. The first-order chi connectivity index (χ1) is 6.70. The summed E-state index contributed by atoms with van der Waals surface area (Å²) in [4.78, 5) is 24.4. The minimum Gasteiger partial charge on any atom is -0.464 e. The molecule has 1 rings (SSSR count). The Balaban J connectivity index is 2.59. The highest BCUT2D eigenvalue weighted by molar-refractivity contribution is 7.81. The van der Waals surface area contributed by atoms with Crippen LogP contribution in [0.4, 0.5) is 0 Å². The number of ether oxygens (including phenoxy) is 1. The van der Waals surface area contributed by atoms with Gasteiger partial charge in [0, 0.05) is 6.54 Å². The Hall–Kier alpha value is -0.710. The summed E-state index contributed by atoms with van der Waals surface area (Å²) in [7, 11) is 0. The summed E-state index contributed by atoms with van der Waals surface area (Å²) in [6.45, 7) is 2.76. The molecule has 1 fully saturated rings. The van der Waals surface area contributed by atoms with Gasteiger partial charge >= 0.3 is 5.97 Å². The first-order valence-corrected chi connectivity index (χ1v) is 5.41. The van der Waals surface area contributed by atoms with E-state index in [-0.39, 0.29) is 23.7 Å². The molecule has 0 unspecified atom stereocenters. The fourth-order valence-corrected chi connectivity index (χ4v) is 1.82. The van der Waals surface area contributed by atoms with Gasteiger partial charge in [0.15, 0.2) is 0 Å². The maximum Gasteiger partial charge on any atom is 0.328 e. The van der Waals surface area contributed by atoms with Crippen molar-refractivity contribution < 1.29 is 14.3 Å². The van der Waals surface area contributed by atoms with E-state index in [4.69, 9.17) is 4.74 Å². The van der Waals surface area contributed by atoms with Gasteiger partial charge in [0.05, 0.1) is 12.4 Å². The van der Waals surface area contributed by atoms with Crippen LogP contribution in [0.1, 0.15) is 19.8 Å². The number of rotatable bonds is 3. The molecule has 0 bridgehead atoms. The van der Waals surface area contributed by atoms with E-state index in [1.807, 2.05) is 0 Å². The number of likely N-dealkylation sites (tertiary alicyclic amines) is 1. The second-order valence-electron chi connectivity index (χ2n) is 3.16. The molecule has 1 aliphatic rings. The smallest absolute Gasteiger partial charge is 0.328 e. The van der Waals surface area contributed by atoms with Gasteiger partial charge < -0.3 is 9.64 Å². The molecule has 1 heterocycles. The monoisotopic (exact) mass is 217 g/mol. The minimum atomic E-state index is -0.380. The standard InChI is InChI=1S/C9H15NO3S/c1-2-13-9(12)7-4-3-5-10(7)8(11)6-14/h7,14H,2-6H2,1H3/t7-/m0/s1. The molecule has 0 N–H and O–H groups in total. The fourth-order valence-electron chi connectivity index (χ4n) is 1.64. The van der Waals surface area contributed by atoms with Crippen LogP contribution in [-0.2, 0) is 14.3 Å². The van der Waals surface area contributed by atoms with Crippen molar-refractivity contribution in [1.82, 2.24) is 4.90 Å². The highest BCUT2D eigenvalue weighted by Gasteiger charge is 2.34. The van der Waals surface area contributed by atoms with Crippen molar-refractivity contribution in [2.75, 3.05) is 18.9 Å². The molecule has 0 radical (unpaired) electrons. The van der Waals surface area contributed by atoms with Gasteiger partial charge in [0.2, 0.25) is 5.91 Å². The average molecular weight is 217 g/mol. The van der Waals surface area contributed by atoms with Crippen LogP contribution >= 0.6 is 12.6 Å². The Morgan fingerprint density at radius 3 is 2.86 bits per heavy atom. The maximum absolute atomic E-state index is 11.4. The van der Waals surface area contributed by atoms with Crippen LogP contribution in [0, 0.1) is 0 Å². The van der Waals surface area contributed by atoms with Crippen LogP contribution < -0.4 is 0 Å². The Morgan fingerprint density at radius 2 is 2.29 bits per heavy atom. The van der Waals surface area contributed by atoms with Crippen molar-refractivity contribution in [2.24, 2.45) is 0 Å². The number of carbonyl (C=O) groups excluding carboxylic acids is 2. The molecule has 0 aliphatic carbocycles. The van der Waals surface area contributed by atoms with Gasteiger partial charge in [-0.2, -0.15) is 12.6 Å². The van der Waals surface area contributed by atoms with Crippen molar-refractivity contribution >= 4 is 24.5 Å². The van der Waals surface area contributed by atoms with Crippen molar-refractivity contribution in [3.05, 3.63) is 0 Å². The van der Waals surface area contributed by atoms with Gasteiger partial charge in [-0.25, -0.2) is 4.79 Å². The lowest BCUT2D eigenvalue weighted by molar-refractivity contribution is -0.152. The van der Waals surface area contributed by atoms with Gasteiger partial charge in [-0.3, -0.25) is 4.79 Å². The van der Waals surface area contributed by atoms with Crippen molar-refractivity contribution in [2.45, 2.75) is 25.8 Å². The third-order valence-electron chi connectivity index (χ3n) is 2.27. The van der Waals surface area contributed by atoms with E-state index >= 15 is 0 Å². The zero-order valence-electron chi connectivity index (χ0n) is 8.23. The Labute approximate surface area is 89.0 Å². The number of thiol groups is 1. The lowest BCUT2D eigenvalue weighted by Gasteiger charge is -2.22. The normalized spacial score (nSPS) is 21.0. The van der Waals surface area contributed by atoms with E-state index in [1.54, 1.807) is 11.8 Å². The summed E-state index contributed by atoms with van der Waals surface area (Å²) in [5.41, 5.74) is 0. The van der Waals surface area contributed by atoms with Gasteiger partial charge in [-0.15, -0.1) is 0 Å². The third kappa shape index (κ3) is 2.41. The molecule has 14 heavy (non-hydrogen) atoms. The predicted octanol–water partition coefficient (Wildman–Crippen LogP) is 0.470. The topological polar surface area (TPSA) is 46.6 Å². The van der Waals surface area contributed by atoms with Crippen LogP contribution in [0.15, 0.2) is 0 Å². The second kappa shape index (κ2) is 5.24. The Kier molecular flexibility index (Phi) is 4.25. The minimum absolute atomic E-state index is 0.0936. The molecule has 1 amide bonds. The zero-order chi connectivity index (χ0) is 10.6. The molecular weight excluding hydrogens is 202 g/mol. The van der Waals surface area contributed by atoms with E-state index < -0.39 is 0 Å². The van der Waals surface area contributed by atoms with Crippen molar-refractivity contribution in [3.63, 3.8) is 0 Å². The summed E-state index contributed by atoms with van der Waals surface area (Å²) in [6, 6.07) is -0.380. The summed E-state index contributed by atoms with van der Waals surface area (Å²) in [5.74, 6) is -0.236. The summed E-state index contributed by atoms with van der Waals surface area (Å²) >= 11 is 3.91. The number of nitrogens with zero attached hydrogens (tertiary/aromatic N) is 1. The lowest BCUT2D eigenvalue weighted by atomic mass is 10.2. The van der Waals surface area contributed by atoms with E-state index in [2.05, 4.69) is 12.6 Å². The molecule has 80 valence electrons. The molecule has 1 atom stereocenters. The summed E-state index contributed by atoms with van der Waals surface area (Å²) in [5, 5.41) is 0. The van der Waals surface area contributed by atoms with E-state index in [0.717, 1.165) is 6.42 Å². The number of esters is 1. The molecule has 5 heteroatoms. The summed E-state index contributed by atoms with van der Waals surface area (Å²) in [6.07, 6.45) is 1.57. The van der Waals surface area contributed by atoms with Crippen LogP contribution in [0.25, 0.3) is 0 Å². The predicted molar refractivity (Wildman–Crippen MR) is 55.2 cm³/mol. The van der Waals surface area contributed by atoms with Gasteiger partial charge in [0.1, 0.15) is 6.04 Å². The largest absolute Gasteiger partial charge is 0.464 e. The number of carbonyl (C=O) groups is 2. The van der Waals surface area contributed by atoms with Crippen molar-refractivity contribution in [1.29, 1.82) is 0 Å². The molecule has 0 spiro atoms. The number of hydrogen-bond acceptors (Lipinski definition) is 4. The highest BCUT2D eigenvalue weighted by Crippen LogP contribution is 2.18. The number of amides is 1. The maximum atomic E-state index is 11.4. The Morgan fingerprint density at radius 1 is 1.57 bits per heavy atom. The van der Waals surface area contributed by atoms with Crippen molar-refractivity contribution in [3.8, 4) is 0 Å². The third-order valence-corrected chi connectivity index (χ3v) is 2.54. The Bertz CT molecular complexity index is 232. The molecule has 0 aromatic heterocycles. The van der Waals surface area contributed by atoms with Gasteiger partial charge in [-0.05, 0) is 19.8 Å². The van der Waals surface area contributed by atoms with E-state index in [9.17, 15) is 9.59 Å². The molecular formula is C9H15NO3S.